The Balaban J connectivity index is 1.64. The fourth-order valence-corrected chi connectivity index (χ4v) is 2.64. The average molecular weight is 365 g/mol. The van der Waals surface area contributed by atoms with Gasteiger partial charge in [-0.1, -0.05) is 60.1 Å². The van der Waals surface area contributed by atoms with E-state index < -0.39 is 6.10 Å². The first-order valence-corrected chi connectivity index (χ1v) is 8.93. The van der Waals surface area contributed by atoms with Crippen molar-refractivity contribution in [1.82, 2.24) is 15.0 Å². The van der Waals surface area contributed by atoms with Gasteiger partial charge in [0.25, 0.3) is 5.91 Å². The highest BCUT2D eigenvalue weighted by molar-refractivity contribution is 5.80. The van der Waals surface area contributed by atoms with E-state index in [0.717, 1.165) is 11.1 Å². The molecule has 1 atom stereocenters. The third-order valence-electron chi connectivity index (χ3n) is 4.19. The van der Waals surface area contributed by atoms with Crippen LogP contribution in [0.5, 0.6) is 5.75 Å². The fourth-order valence-electron chi connectivity index (χ4n) is 2.64. The van der Waals surface area contributed by atoms with Crippen LogP contribution in [0.4, 0.5) is 0 Å². The summed E-state index contributed by atoms with van der Waals surface area (Å²) in [5.74, 6) is 1.44. The summed E-state index contributed by atoms with van der Waals surface area (Å²) in [5, 5.41) is 3.98. The Labute approximate surface area is 158 Å². The number of carbonyl (C=O) groups is 1. The highest BCUT2D eigenvalue weighted by Crippen LogP contribution is 2.18. The van der Waals surface area contributed by atoms with Crippen LogP contribution < -0.4 is 4.74 Å². The van der Waals surface area contributed by atoms with E-state index in [0.29, 0.717) is 23.9 Å². The first-order valence-electron chi connectivity index (χ1n) is 8.93. The lowest BCUT2D eigenvalue weighted by Crippen LogP contribution is -2.39. The van der Waals surface area contributed by atoms with Gasteiger partial charge in [-0.05, 0) is 25.5 Å². The summed E-state index contributed by atoms with van der Waals surface area (Å²) >= 11 is 0. The van der Waals surface area contributed by atoms with Crippen molar-refractivity contribution >= 4 is 5.91 Å². The maximum Gasteiger partial charge on any atom is 0.263 e. The Morgan fingerprint density at radius 2 is 1.85 bits per heavy atom. The van der Waals surface area contributed by atoms with Crippen molar-refractivity contribution in [2.75, 3.05) is 7.05 Å². The van der Waals surface area contributed by atoms with E-state index in [9.17, 15) is 4.79 Å². The van der Waals surface area contributed by atoms with Gasteiger partial charge < -0.3 is 14.2 Å². The molecule has 0 fully saturated rings. The van der Waals surface area contributed by atoms with E-state index in [1.165, 1.54) is 0 Å². The zero-order valence-corrected chi connectivity index (χ0v) is 15.8. The Kier molecular flexibility index (Phi) is 5.86. The molecule has 3 rings (SSSR count). The lowest BCUT2D eigenvalue weighted by Gasteiger charge is -2.22. The summed E-state index contributed by atoms with van der Waals surface area (Å²) in [6, 6.07) is 17.2. The van der Waals surface area contributed by atoms with Crippen LogP contribution in [0.1, 0.15) is 24.8 Å². The quantitative estimate of drug-likeness (QED) is 0.636. The van der Waals surface area contributed by atoms with Gasteiger partial charge in [-0.25, -0.2) is 0 Å². The van der Waals surface area contributed by atoms with Crippen molar-refractivity contribution < 1.29 is 14.1 Å². The van der Waals surface area contributed by atoms with Crippen LogP contribution in [0.2, 0.25) is 0 Å². The molecule has 1 heterocycles. The SMILES string of the molecule is CCC(Oc1ccc(C)cc1)C(=O)N(C)Cc1nc(-c2ccccc2)no1. The minimum Gasteiger partial charge on any atom is -0.481 e. The molecule has 0 spiro atoms. The molecule has 1 aromatic heterocycles. The molecule has 0 aliphatic heterocycles. The second-order valence-electron chi connectivity index (χ2n) is 6.40. The van der Waals surface area contributed by atoms with Crippen molar-refractivity contribution in [3.8, 4) is 17.1 Å². The van der Waals surface area contributed by atoms with Crippen molar-refractivity contribution in [2.45, 2.75) is 32.9 Å². The zero-order valence-electron chi connectivity index (χ0n) is 15.8. The van der Waals surface area contributed by atoms with Gasteiger partial charge in [0.2, 0.25) is 11.7 Å². The maximum atomic E-state index is 12.7. The molecule has 0 aliphatic rings. The molecule has 6 heteroatoms. The largest absolute Gasteiger partial charge is 0.481 e. The van der Waals surface area contributed by atoms with Crippen LogP contribution in [0, 0.1) is 6.92 Å². The van der Waals surface area contributed by atoms with E-state index in [1.807, 2.05) is 68.4 Å². The molecular weight excluding hydrogens is 342 g/mol. The molecule has 0 saturated heterocycles. The molecule has 6 nitrogen and oxygen atoms in total. The summed E-state index contributed by atoms with van der Waals surface area (Å²) in [7, 11) is 1.70. The molecule has 27 heavy (non-hydrogen) atoms. The molecule has 0 bridgehead atoms. The van der Waals surface area contributed by atoms with E-state index in [-0.39, 0.29) is 12.5 Å². The smallest absolute Gasteiger partial charge is 0.263 e. The second kappa shape index (κ2) is 8.49. The highest BCUT2D eigenvalue weighted by Gasteiger charge is 2.24. The maximum absolute atomic E-state index is 12.7. The van der Waals surface area contributed by atoms with E-state index in [2.05, 4.69) is 10.1 Å². The van der Waals surface area contributed by atoms with Crippen molar-refractivity contribution in [2.24, 2.45) is 0 Å². The lowest BCUT2D eigenvalue weighted by molar-refractivity contribution is -0.138. The third-order valence-corrected chi connectivity index (χ3v) is 4.19. The molecule has 0 radical (unpaired) electrons. The van der Waals surface area contributed by atoms with Crippen LogP contribution in [-0.4, -0.2) is 34.1 Å². The van der Waals surface area contributed by atoms with E-state index >= 15 is 0 Å². The summed E-state index contributed by atoms with van der Waals surface area (Å²) in [4.78, 5) is 18.7. The molecular formula is C21H23N3O3. The molecule has 0 aliphatic carbocycles. The van der Waals surface area contributed by atoms with Gasteiger partial charge in [-0.15, -0.1) is 0 Å². The number of aromatic nitrogens is 2. The van der Waals surface area contributed by atoms with Gasteiger partial charge in [-0.2, -0.15) is 4.98 Å². The summed E-state index contributed by atoms with van der Waals surface area (Å²) in [6.45, 7) is 4.16. The second-order valence-corrected chi connectivity index (χ2v) is 6.40. The standard InChI is InChI=1S/C21H23N3O3/c1-4-18(26-17-12-10-15(2)11-13-17)21(25)24(3)14-19-22-20(23-27-19)16-8-6-5-7-9-16/h5-13,18H,4,14H2,1-3H3. The van der Waals surface area contributed by atoms with Gasteiger partial charge in [0.15, 0.2) is 6.10 Å². The number of ether oxygens (including phenoxy) is 1. The summed E-state index contributed by atoms with van der Waals surface area (Å²) in [6.07, 6.45) is 0.00472. The number of hydrogen-bond donors (Lipinski definition) is 0. The molecule has 2 aromatic carbocycles. The molecule has 0 N–H and O–H groups in total. The molecule has 0 saturated carbocycles. The van der Waals surface area contributed by atoms with E-state index in [4.69, 9.17) is 9.26 Å². The number of aryl methyl sites for hydroxylation is 1. The Hall–Kier alpha value is -3.15. The first-order chi connectivity index (χ1) is 13.1. The Morgan fingerprint density at radius 1 is 1.15 bits per heavy atom. The fraction of sp³-hybridized carbons (Fsp3) is 0.286. The topological polar surface area (TPSA) is 68.5 Å². The van der Waals surface area contributed by atoms with Gasteiger partial charge in [0.05, 0.1) is 6.54 Å². The van der Waals surface area contributed by atoms with Crippen LogP contribution >= 0.6 is 0 Å². The number of benzene rings is 2. The van der Waals surface area contributed by atoms with Crippen molar-refractivity contribution in [3.63, 3.8) is 0 Å². The van der Waals surface area contributed by atoms with E-state index in [1.54, 1.807) is 11.9 Å². The zero-order chi connectivity index (χ0) is 19.2. The van der Waals surface area contributed by atoms with Gasteiger partial charge >= 0.3 is 0 Å². The van der Waals surface area contributed by atoms with Gasteiger partial charge in [-0.3, -0.25) is 4.79 Å². The number of hydrogen-bond acceptors (Lipinski definition) is 5. The number of likely N-dealkylation sites (N-methyl/N-ethyl adjacent to an activating group) is 1. The van der Waals surface area contributed by atoms with Crippen molar-refractivity contribution in [3.05, 3.63) is 66.1 Å². The first kappa shape index (κ1) is 18.6. The number of rotatable bonds is 7. The van der Waals surface area contributed by atoms with Crippen molar-refractivity contribution in [1.29, 1.82) is 0 Å². The number of carbonyl (C=O) groups excluding carboxylic acids is 1. The lowest BCUT2D eigenvalue weighted by atomic mass is 10.2. The highest BCUT2D eigenvalue weighted by atomic mass is 16.5. The monoisotopic (exact) mass is 365 g/mol. The predicted octanol–water partition coefficient (Wildman–Crippen LogP) is 3.86. The van der Waals surface area contributed by atoms with Crippen LogP contribution in [0.15, 0.2) is 59.1 Å². The Morgan fingerprint density at radius 3 is 2.52 bits per heavy atom. The van der Waals surface area contributed by atoms with Gasteiger partial charge in [0.1, 0.15) is 5.75 Å². The number of nitrogens with zero attached hydrogens (tertiary/aromatic N) is 3. The minimum atomic E-state index is -0.561. The molecule has 1 amide bonds. The molecule has 1 unspecified atom stereocenters. The minimum absolute atomic E-state index is 0.127. The predicted molar refractivity (Wildman–Crippen MR) is 102 cm³/mol. The third kappa shape index (κ3) is 4.73. The summed E-state index contributed by atoms with van der Waals surface area (Å²) in [5.41, 5.74) is 2.01. The van der Waals surface area contributed by atoms with Crippen LogP contribution in [-0.2, 0) is 11.3 Å². The Bertz CT molecular complexity index is 875. The number of amides is 1. The van der Waals surface area contributed by atoms with Crippen LogP contribution in [0.25, 0.3) is 11.4 Å². The molecule has 140 valence electrons. The summed E-state index contributed by atoms with van der Waals surface area (Å²) < 4.78 is 11.1. The van der Waals surface area contributed by atoms with Gasteiger partial charge in [0, 0.05) is 12.6 Å². The van der Waals surface area contributed by atoms with Crippen LogP contribution in [0.3, 0.4) is 0 Å². The normalized spacial score (nSPS) is 11.8. The average Bonchev–Trinajstić information content (AvgIpc) is 3.16. The molecule has 3 aromatic rings.